The third-order valence-electron chi connectivity index (χ3n) is 8.97. The molecule has 1 saturated carbocycles. The molecular weight excluding hydrogens is 594 g/mol. The molecule has 3 aliphatic rings. The number of rotatable bonds is 6. The predicted molar refractivity (Wildman–Crippen MR) is 171 cm³/mol. The number of carbonyl (C=O) groups is 3. The van der Waals surface area contributed by atoms with E-state index in [2.05, 4.69) is 19.2 Å². The molecule has 4 heterocycles. The maximum absolute atomic E-state index is 13.7. The molecule has 1 saturated heterocycles. The Bertz CT molecular complexity index is 1660. The van der Waals surface area contributed by atoms with Crippen molar-refractivity contribution < 1.29 is 29.0 Å². The summed E-state index contributed by atoms with van der Waals surface area (Å²) in [6.45, 7) is 4.91. The molecule has 3 amide bonds. The predicted octanol–water partition coefficient (Wildman–Crippen LogP) is 5.06. The number of ether oxygens (including phenoxy) is 2. The van der Waals surface area contributed by atoms with Crippen molar-refractivity contribution in [2.24, 2.45) is 5.92 Å². The summed E-state index contributed by atoms with van der Waals surface area (Å²) >= 11 is 1.51. The van der Waals surface area contributed by atoms with E-state index >= 15 is 0 Å². The van der Waals surface area contributed by atoms with E-state index in [-0.39, 0.29) is 30.8 Å². The summed E-state index contributed by atoms with van der Waals surface area (Å²) in [5.41, 5.74) is 0.958. The van der Waals surface area contributed by atoms with Crippen LogP contribution in [0.5, 0.6) is 11.5 Å². The minimum absolute atomic E-state index is 0.175. The summed E-state index contributed by atoms with van der Waals surface area (Å²) in [6, 6.07) is 6.27. The van der Waals surface area contributed by atoms with Crippen molar-refractivity contribution in [1.82, 2.24) is 25.1 Å². The number of benzene rings is 1. The van der Waals surface area contributed by atoms with Gasteiger partial charge in [0.1, 0.15) is 39.9 Å². The zero-order valence-corrected chi connectivity index (χ0v) is 26.8. The van der Waals surface area contributed by atoms with Gasteiger partial charge < -0.3 is 29.7 Å². The number of nitrogens with zero attached hydrogens (tertiary/aromatic N) is 4. The molecule has 0 radical (unpaired) electrons. The second-order valence-electron chi connectivity index (χ2n) is 12.5. The van der Waals surface area contributed by atoms with E-state index < -0.39 is 29.6 Å². The first-order valence-electron chi connectivity index (χ1n) is 15.4. The number of hydrogen-bond donors (Lipinski definition) is 2. The molecule has 2 aromatic heterocycles. The van der Waals surface area contributed by atoms with Crippen LogP contribution in [0, 0.1) is 5.92 Å². The quantitative estimate of drug-likeness (QED) is 0.360. The van der Waals surface area contributed by atoms with Crippen LogP contribution in [-0.2, 0) is 9.59 Å². The number of carboxylic acid groups (broad SMARTS) is 1. The van der Waals surface area contributed by atoms with Gasteiger partial charge in [0.05, 0.1) is 24.9 Å². The second kappa shape index (κ2) is 12.3. The number of amides is 3. The van der Waals surface area contributed by atoms with Crippen molar-refractivity contribution >= 4 is 40.1 Å². The lowest BCUT2D eigenvalue weighted by molar-refractivity contribution is -0.144. The highest BCUT2D eigenvalue weighted by molar-refractivity contribution is 7.13. The number of methoxy groups -OCH3 is 1. The van der Waals surface area contributed by atoms with Crippen LogP contribution in [0.3, 0.4) is 0 Å². The summed E-state index contributed by atoms with van der Waals surface area (Å²) in [4.78, 5) is 52.5. The standard InChI is InChI=1S/C33H39N5O6S/c1-19(2)26-18-45-30(35-26)25-15-28(23-11-10-21(43-4)13-24(23)34-25)44-22-14-27-29(39)36-33(31(40)41)16-20(33)9-7-5-6-8-12-37(3)32(42)38(27)17-22/h7,9-11,13,15,18-20,22,27H,5-6,8,12,14,16-17H2,1-4H3,(H,36,39)(H,40,41)/t20-,22-,27+,33-/m1/s1. The maximum atomic E-state index is 13.7. The van der Waals surface area contributed by atoms with E-state index in [9.17, 15) is 19.5 Å². The lowest BCUT2D eigenvalue weighted by Crippen LogP contribution is -2.54. The fourth-order valence-electron chi connectivity index (χ4n) is 6.15. The van der Waals surface area contributed by atoms with E-state index in [0.29, 0.717) is 35.7 Å². The molecule has 1 aromatic carbocycles. The van der Waals surface area contributed by atoms with Gasteiger partial charge in [0.2, 0.25) is 5.91 Å². The normalized spacial score (nSPS) is 25.5. The summed E-state index contributed by atoms with van der Waals surface area (Å²) < 4.78 is 12.1. The van der Waals surface area contributed by atoms with Crippen LogP contribution < -0.4 is 14.8 Å². The summed E-state index contributed by atoms with van der Waals surface area (Å²) in [5.74, 6) is -0.328. The Labute approximate surface area is 266 Å². The van der Waals surface area contributed by atoms with Gasteiger partial charge in [-0.3, -0.25) is 4.79 Å². The third kappa shape index (κ3) is 6.07. The number of fused-ring (bicyclic) bond motifs is 3. The highest BCUT2D eigenvalue weighted by atomic mass is 32.1. The smallest absolute Gasteiger partial charge is 0.330 e. The molecule has 2 aliphatic heterocycles. The molecule has 3 aromatic rings. The van der Waals surface area contributed by atoms with Gasteiger partial charge in [-0.25, -0.2) is 19.6 Å². The summed E-state index contributed by atoms with van der Waals surface area (Å²) in [7, 11) is 3.34. The first kappa shape index (κ1) is 30.8. The Hall–Kier alpha value is -4.19. The van der Waals surface area contributed by atoms with Gasteiger partial charge in [0, 0.05) is 48.8 Å². The highest BCUT2D eigenvalue weighted by Crippen LogP contribution is 2.45. The highest BCUT2D eigenvalue weighted by Gasteiger charge is 2.61. The van der Waals surface area contributed by atoms with Gasteiger partial charge in [-0.15, -0.1) is 11.3 Å². The van der Waals surface area contributed by atoms with Crippen LogP contribution in [0.15, 0.2) is 41.8 Å². The van der Waals surface area contributed by atoms with Crippen molar-refractivity contribution in [2.75, 3.05) is 27.2 Å². The Morgan fingerprint density at radius 2 is 2.02 bits per heavy atom. The van der Waals surface area contributed by atoms with Crippen LogP contribution in [0.4, 0.5) is 4.79 Å². The minimum Gasteiger partial charge on any atom is -0.497 e. The average Bonchev–Trinajstić information content (AvgIpc) is 3.33. The molecule has 1 aliphatic carbocycles. The van der Waals surface area contributed by atoms with Crippen molar-refractivity contribution in [2.45, 2.75) is 69.6 Å². The van der Waals surface area contributed by atoms with Crippen molar-refractivity contribution in [3.05, 3.63) is 47.5 Å². The van der Waals surface area contributed by atoms with Crippen molar-refractivity contribution in [3.8, 4) is 22.2 Å². The first-order chi connectivity index (χ1) is 21.6. The van der Waals surface area contributed by atoms with E-state index in [1.165, 1.54) is 16.2 Å². The van der Waals surface area contributed by atoms with Gasteiger partial charge in [0.25, 0.3) is 0 Å². The molecule has 238 valence electrons. The zero-order chi connectivity index (χ0) is 31.9. The molecule has 0 bridgehead atoms. The molecule has 11 nitrogen and oxygen atoms in total. The first-order valence-corrected chi connectivity index (χ1v) is 16.3. The van der Waals surface area contributed by atoms with E-state index in [1.807, 2.05) is 41.8 Å². The zero-order valence-electron chi connectivity index (χ0n) is 26.0. The minimum atomic E-state index is -1.35. The van der Waals surface area contributed by atoms with E-state index in [0.717, 1.165) is 35.4 Å². The van der Waals surface area contributed by atoms with E-state index in [4.69, 9.17) is 19.4 Å². The average molecular weight is 634 g/mol. The fourth-order valence-corrected chi connectivity index (χ4v) is 7.10. The molecule has 6 rings (SSSR count). The Morgan fingerprint density at radius 1 is 1.20 bits per heavy atom. The fraction of sp³-hybridized carbons (Fsp3) is 0.485. The Morgan fingerprint density at radius 3 is 2.76 bits per heavy atom. The molecule has 2 fully saturated rings. The van der Waals surface area contributed by atoms with Gasteiger partial charge in [-0.1, -0.05) is 26.0 Å². The number of urea groups is 1. The molecular formula is C33H39N5O6S. The number of carboxylic acids is 1. The van der Waals surface area contributed by atoms with Gasteiger partial charge >= 0.3 is 12.0 Å². The number of aromatic nitrogens is 2. The van der Waals surface area contributed by atoms with Gasteiger partial charge in [0.15, 0.2) is 0 Å². The van der Waals surface area contributed by atoms with Crippen molar-refractivity contribution in [3.63, 3.8) is 0 Å². The molecule has 0 unspecified atom stereocenters. The van der Waals surface area contributed by atoms with Gasteiger partial charge in [-0.05, 0) is 43.7 Å². The van der Waals surface area contributed by atoms with Crippen LogP contribution >= 0.6 is 11.3 Å². The van der Waals surface area contributed by atoms with Crippen LogP contribution in [0.25, 0.3) is 21.6 Å². The molecule has 2 N–H and O–H groups in total. The van der Waals surface area contributed by atoms with Crippen LogP contribution in [-0.4, -0.2) is 87.7 Å². The lowest BCUT2D eigenvalue weighted by atomic mass is 10.1. The number of allylic oxidation sites excluding steroid dienone is 1. The molecule has 0 spiro atoms. The number of thiazole rings is 1. The molecule has 45 heavy (non-hydrogen) atoms. The SMILES string of the molecule is COc1ccc2c(O[C@@H]3C[C@H]4C(=O)N[C@]5(C(=O)O)C[C@H]5C=CCCCCN(C)C(=O)N4C3)cc(-c3nc(C(C)C)cs3)nc2c1. The maximum Gasteiger partial charge on any atom is 0.330 e. The molecule has 4 atom stereocenters. The van der Waals surface area contributed by atoms with E-state index in [1.54, 1.807) is 19.1 Å². The Balaban J connectivity index is 1.33. The number of aliphatic carboxylic acids is 1. The Kier molecular flexibility index (Phi) is 8.43. The van der Waals surface area contributed by atoms with Gasteiger partial charge in [-0.2, -0.15) is 0 Å². The van der Waals surface area contributed by atoms with Crippen LogP contribution in [0.2, 0.25) is 0 Å². The number of nitrogens with one attached hydrogen (secondary N) is 1. The largest absolute Gasteiger partial charge is 0.497 e. The number of pyridine rings is 1. The number of hydrogen-bond acceptors (Lipinski definition) is 8. The number of carbonyl (C=O) groups excluding carboxylic acids is 2. The lowest BCUT2D eigenvalue weighted by Gasteiger charge is -2.29. The summed E-state index contributed by atoms with van der Waals surface area (Å²) in [5, 5.41) is 16.4. The van der Waals surface area contributed by atoms with Crippen LogP contribution in [0.1, 0.15) is 57.6 Å². The summed E-state index contributed by atoms with van der Waals surface area (Å²) in [6.07, 6.45) is 6.38. The monoisotopic (exact) mass is 633 g/mol. The van der Waals surface area contributed by atoms with Crippen molar-refractivity contribution in [1.29, 1.82) is 0 Å². The molecule has 12 heteroatoms. The third-order valence-corrected chi connectivity index (χ3v) is 9.85. The second-order valence-corrected chi connectivity index (χ2v) is 13.3. The topological polar surface area (TPSA) is 134 Å².